The lowest BCUT2D eigenvalue weighted by molar-refractivity contribution is -0.158. The van der Waals surface area contributed by atoms with Crippen molar-refractivity contribution in [3.63, 3.8) is 0 Å². The second-order valence-corrected chi connectivity index (χ2v) is 7.22. The maximum atomic E-state index is 13.0. The molecule has 0 saturated heterocycles. The lowest BCUT2D eigenvalue weighted by atomic mass is 9.76. The van der Waals surface area contributed by atoms with Crippen LogP contribution < -0.4 is 14.8 Å². The number of esters is 1. The van der Waals surface area contributed by atoms with E-state index in [1.807, 2.05) is 0 Å². The molecule has 1 heterocycles. The number of carboxylic acid groups (broad SMARTS) is 1. The molecular weight excluding hydrogens is 386 g/mol. The number of carboxylic acids is 1. The third kappa shape index (κ3) is 3.37. The number of aliphatic carboxylic acids is 1. The van der Waals surface area contributed by atoms with Crippen molar-refractivity contribution in [3.8, 4) is 23.3 Å². The first-order valence-corrected chi connectivity index (χ1v) is 9.48. The first kappa shape index (κ1) is 19.5. The van der Waals surface area contributed by atoms with Gasteiger partial charge in [-0.15, -0.1) is 0 Å². The second-order valence-electron chi connectivity index (χ2n) is 7.22. The third-order valence-corrected chi connectivity index (χ3v) is 5.20. The molecule has 1 amide bonds. The number of benzene rings is 2. The lowest BCUT2D eigenvalue weighted by Crippen LogP contribution is -2.66. The SMILES string of the molecule is COc1ccc(C(=O)N[C@]2(C(=O)O)C(=O)Oc3ccccc3[C@H]2C#CC2CC2)cc1. The topological polar surface area (TPSA) is 102 Å². The van der Waals surface area contributed by atoms with Gasteiger partial charge in [-0.2, -0.15) is 0 Å². The largest absolute Gasteiger partial charge is 0.497 e. The number of rotatable bonds is 4. The molecule has 0 spiro atoms. The average molecular weight is 405 g/mol. The van der Waals surface area contributed by atoms with Crippen molar-refractivity contribution in [1.82, 2.24) is 5.32 Å². The van der Waals surface area contributed by atoms with Crippen LogP contribution in [0, 0.1) is 17.8 Å². The minimum atomic E-state index is -2.37. The molecule has 0 aromatic heterocycles. The highest BCUT2D eigenvalue weighted by atomic mass is 16.5. The number of para-hydroxylation sites is 1. The number of hydrogen-bond acceptors (Lipinski definition) is 5. The number of fused-ring (bicyclic) bond motifs is 1. The molecule has 1 aliphatic carbocycles. The summed E-state index contributed by atoms with van der Waals surface area (Å²) in [5.74, 6) is 2.53. The average Bonchev–Trinajstić information content (AvgIpc) is 3.57. The van der Waals surface area contributed by atoms with Crippen LogP contribution in [0.25, 0.3) is 0 Å². The molecule has 2 N–H and O–H groups in total. The molecule has 0 unspecified atom stereocenters. The van der Waals surface area contributed by atoms with Gasteiger partial charge in [0.1, 0.15) is 11.5 Å². The summed E-state index contributed by atoms with van der Waals surface area (Å²) >= 11 is 0. The second kappa shape index (κ2) is 7.56. The molecule has 1 aliphatic heterocycles. The minimum absolute atomic E-state index is 0.178. The van der Waals surface area contributed by atoms with Crippen LogP contribution in [0.4, 0.5) is 0 Å². The van der Waals surface area contributed by atoms with Crippen LogP contribution in [0.1, 0.15) is 34.7 Å². The predicted molar refractivity (Wildman–Crippen MR) is 106 cm³/mol. The van der Waals surface area contributed by atoms with E-state index in [-0.39, 0.29) is 17.2 Å². The highest BCUT2D eigenvalue weighted by Crippen LogP contribution is 2.41. The molecule has 2 aromatic carbocycles. The van der Waals surface area contributed by atoms with Crippen LogP contribution in [-0.4, -0.2) is 35.6 Å². The summed E-state index contributed by atoms with van der Waals surface area (Å²) in [6.07, 6.45) is 1.87. The fraction of sp³-hybridized carbons (Fsp3) is 0.261. The smallest absolute Gasteiger partial charge is 0.350 e. The van der Waals surface area contributed by atoms with Crippen LogP contribution in [0.5, 0.6) is 11.5 Å². The zero-order valence-corrected chi connectivity index (χ0v) is 16.2. The van der Waals surface area contributed by atoms with Gasteiger partial charge in [-0.25, -0.2) is 9.59 Å². The monoisotopic (exact) mass is 405 g/mol. The molecule has 2 atom stereocenters. The predicted octanol–water partition coefficient (Wildman–Crippen LogP) is 2.36. The molecule has 0 radical (unpaired) electrons. The van der Waals surface area contributed by atoms with Gasteiger partial charge in [0.2, 0.25) is 0 Å². The molecule has 152 valence electrons. The van der Waals surface area contributed by atoms with E-state index in [1.165, 1.54) is 19.2 Å². The molecule has 7 nitrogen and oxygen atoms in total. The lowest BCUT2D eigenvalue weighted by Gasteiger charge is -2.37. The van der Waals surface area contributed by atoms with Crippen molar-refractivity contribution in [2.75, 3.05) is 7.11 Å². The molecule has 30 heavy (non-hydrogen) atoms. The minimum Gasteiger partial charge on any atom is -0.497 e. The number of methoxy groups -OCH3 is 1. The molecule has 2 aliphatic rings. The maximum Gasteiger partial charge on any atom is 0.350 e. The Kier molecular flexibility index (Phi) is 4.92. The summed E-state index contributed by atoms with van der Waals surface area (Å²) in [5, 5.41) is 12.5. The van der Waals surface area contributed by atoms with E-state index < -0.39 is 29.3 Å². The van der Waals surface area contributed by atoms with Gasteiger partial charge in [0, 0.05) is 17.0 Å². The quantitative estimate of drug-likeness (QED) is 0.350. The van der Waals surface area contributed by atoms with E-state index in [0.717, 1.165) is 12.8 Å². The Morgan fingerprint density at radius 1 is 1.13 bits per heavy atom. The van der Waals surface area contributed by atoms with E-state index in [9.17, 15) is 19.5 Å². The fourth-order valence-corrected chi connectivity index (χ4v) is 3.34. The van der Waals surface area contributed by atoms with Gasteiger partial charge in [0.25, 0.3) is 11.4 Å². The van der Waals surface area contributed by atoms with Gasteiger partial charge in [-0.05, 0) is 43.2 Å². The van der Waals surface area contributed by atoms with E-state index >= 15 is 0 Å². The Bertz CT molecular complexity index is 1080. The van der Waals surface area contributed by atoms with Crippen LogP contribution in [0.3, 0.4) is 0 Å². The standard InChI is InChI=1S/C23H19NO6/c1-29-16-11-9-15(10-12-16)20(25)24-23(21(26)27)18(13-8-14-6-7-14)17-4-2-3-5-19(17)30-22(23)28/h2-5,9-12,14,18H,6-7H2,1H3,(H,24,25)(H,26,27)/t18-,23-/m1/s1. The Labute approximate surface area is 173 Å². The van der Waals surface area contributed by atoms with Crippen molar-refractivity contribution in [3.05, 3.63) is 59.7 Å². The van der Waals surface area contributed by atoms with E-state index in [0.29, 0.717) is 11.3 Å². The van der Waals surface area contributed by atoms with Gasteiger partial charge >= 0.3 is 11.9 Å². The first-order valence-electron chi connectivity index (χ1n) is 9.48. The summed E-state index contributed by atoms with van der Waals surface area (Å²) in [4.78, 5) is 38.3. The number of hydrogen-bond donors (Lipinski definition) is 2. The zero-order chi connectivity index (χ0) is 21.3. The summed E-state index contributed by atoms with van der Waals surface area (Å²) in [5.41, 5.74) is -1.74. The van der Waals surface area contributed by atoms with Crippen molar-refractivity contribution in [1.29, 1.82) is 0 Å². The van der Waals surface area contributed by atoms with E-state index in [1.54, 1.807) is 36.4 Å². The van der Waals surface area contributed by atoms with Crippen LogP contribution >= 0.6 is 0 Å². The van der Waals surface area contributed by atoms with Crippen molar-refractivity contribution in [2.45, 2.75) is 24.3 Å². The molecule has 7 heteroatoms. The van der Waals surface area contributed by atoms with Crippen LogP contribution in [-0.2, 0) is 9.59 Å². The third-order valence-electron chi connectivity index (χ3n) is 5.20. The van der Waals surface area contributed by atoms with Crippen molar-refractivity contribution < 1.29 is 29.0 Å². The van der Waals surface area contributed by atoms with Gasteiger partial charge in [-0.3, -0.25) is 4.79 Å². The zero-order valence-electron chi connectivity index (χ0n) is 16.2. The van der Waals surface area contributed by atoms with Gasteiger partial charge in [0.15, 0.2) is 0 Å². The highest BCUT2D eigenvalue weighted by molar-refractivity contribution is 6.12. The van der Waals surface area contributed by atoms with Gasteiger partial charge in [-0.1, -0.05) is 30.0 Å². The normalized spacial score (nSPS) is 22.0. The van der Waals surface area contributed by atoms with Crippen molar-refractivity contribution in [2.24, 2.45) is 5.92 Å². The Morgan fingerprint density at radius 3 is 2.47 bits per heavy atom. The molecule has 0 bridgehead atoms. The molecule has 1 fully saturated rings. The maximum absolute atomic E-state index is 13.0. The summed E-state index contributed by atoms with van der Waals surface area (Å²) in [6.45, 7) is 0. The number of ether oxygens (including phenoxy) is 2. The Hall–Kier alpha value is -3.79. The number of amides is 1. The van der Waals surface area contributed by atoms with Crippen LogP contribution in [0.2, 0.25) is 0 Å². The van der Waals surface area contributed by atoms with E-state index in [2.05, 4.69) is 17.2 Å². The summed E-state index contributed by atoms with van der Waals surface area (Å²) in [7, 11) is 1.49. The van der Waals surface area contributed by atoms with Crippen LogP contribution in [0.15, 0.2) is 48.5 Å². The fourth-order valence-electron chi connectivity index (χ4n) is 3.34. The van der Waals surface area contributed by atoms with Crippen molar-refractivity contribution >= 4 is 17.8 Å². The van der Waals surface area contributed by atoms with Gasteiger partial charge in [0.05, 0.1) is 13.0 Å². The molecule has 2 aromatic rings. The van der Waals surface area contributed by atoms with Gasteiger partial charge < -0.3 is 19.9 Å². The molecule has 1 saturated carbocycles. The number of nitrogens with one attached hydrogen (secondary N) is 1. The summed E-state index contributed by atoms with van der Waals surface area (Å²) < 4.78 is 10.4. The number of carbonyl (C=O) groups is 3. The Balaban J connectivity index is 1.78. The summed E-state index contributed by atoms with van der Waals surface area (Å²) in [6, 6.07) is 12.7. The number of carbonyl (C=O) groups excluding carboxylic acids is 2. The first-order chi connectivity index (χ1) is 14.5. The molecular formula is C23H19NO6. The Morgan fingerprint density at radius 2 is 1.83 bits per heavy atom. The molecule has 4 rings (SSSR count). The highest BCUT2D eigenvalue weighted by Gasteiger charge is 2.59. The van der Waals surface area contributed by atoms with E-state index in [4.69, 9.17) is 9.47 Å².